The van der Waals surface area contributed by atoms with Crippen LogP contribution < -0.4 is 0 Å². The van der Waals surface area contributed by atoms with E-state index in [4.69, 9.17) is 0 Å². The van der Waals surface area contributed by atoms with Crippen LogP contribution in [-0.2, 0) is 0 Å². The van der Waals surface area contributed by atoms with Crippen LogP contribution in [0.4, 0.5) is 4.39 Å². The minimum atomic E-state index is -0.400. The summed E-state index contributed by atoms with van der Waals surface area (Å²) in [6.07, 6.45) is 9.42. The Kier molecular flexibility index (Phi) is 7.61. The van der Waals surface area contributed by atoms with Crippen LogP contribution in [0.25, 0.3) is 0 Å². The van der Waals surface area contributed by atoms with Gasteiger partial charge >= 0.3 is 0 Å². The third-order valence-corrected chi connectivity index (χ3v) is 2.49. The van der Waals surface area contributed by atoms with E-state index in [9.17, 15) is 4.39 Å². The Bertz CT molecular complexity index is 280. The highest BCUT2D eigenvalue weighted by Crippen LogP contribution is 2.18. The maximum absolute atomic E-state index is 12.2. The summed E-state index contributed by atoms with van der Waals surface area (Å²) < 4.78 is 12.2. The molecule has 0 spiro atoms. The van der Waals surface area contributed by atoms with Crippen molar-refractivity contribution in [1.82, 2.24) is 0 Å². The molecule has 0 aliphatic heterocycles. The van der Waals surface area contributed by atoms with Gasteiger partial charge in [-0.05, 0) is 44.8 Å². The molecular weight excluding hydrogens is 187 g/mol. The minimum absolute atomic E-state index is 0.400. The number of allylic oxidation sites excluding steroid dienone is 7. The van der Waals surface area contributed by atoms with Gasteiger partial charge in [0.05, 0.1) is 0 Å². The maximum Gasteiger partial charge on any atom is 0.108 e. The van der Waals surface area contributed by atoms with E-state index in [2.05, 4.69) is 19.6 Å². The molecule has 0 bridgehead atoms. The van der Waals surface area contributed by atoms with E-state index < -0.39 is 6.67 Å². The summed E-state index contributed by atoms with van der Waals surface area (Å²) in [4.78, 5) is 0. The summed E-state index contributed by atoms with van der Waals surface area (Å²) in [6, 6.07) is 0. The highest BCUT2D eigenvalue weighted by molar-refractivity contribution is 5.32. The van der Waals surface area contributed by atoms with E-state index in [-0.39, 0.29) is 0 Å². The summed E-state index contributed by atoms with van der Waals surface area (Å²) in [5.74, 6) is 0. The Hall–Kier alpha value is -1.11. The standard InChI is InChI=1S/C14H21F/c1-5-7-14(13(4)10-11-15)9-8-12(3)6-2/h5-7,10H,1,8-9,11H2,2-4H3/b12-6+,13-10-,14-7-. The Morgan fingerprint density at radius 1 is 1.27 bits per heavy atom. The normalized spacial score (nSPS) is 14.3. The molecule has 0 fully saturated rings. The molecule has 1 heteroatoms. The Morgan fingerprint density at radius 2 is 1.93 bits per heavy atom. The fourth-order valence-electron chi connectivity index (χ4n) is 1.28. The van der Waals surface area contributed by atoms with Crippen molar-refractivity contribution >= 4 is 0 Å². The first kappa shape index (κ1) is 13.9. The van der Waals surface area contributed by atoms with Gasteiger partial charge < -0.3 is 0 Å². The van der Waals surface area contributed by atoms with E-state index in [1.807, 2.05) is 19.9 Å². The van der Waals surface area contributed by atoms with Crippen LogP contribution in [-0.4, -0.2) is 6.67 Å². The summed E-state index contributed by atoms with van der Waals surface area (Å²) in [6.45, 7) is 9.37. The lowest BCUT2D eigenvalue weighted by Crippen LogP contribution is -1.88. The minimum Gasteiger partial charge on any atom is -0.247 e. The third-order valence-electron chi connectivity index (χ3n) is 2.49. The van der Waals surface area contributed by atoms with E-state index >= 15 is 0 Å². The molecule has 0 radical (unpaired) electrons. The lowest BCUT2D eigenvalue weighted by Gasteiger charge is -2.07. The van der Waals surface area contributed by atoms with Crippen molar-refractivity contribution in [2.75, 3.05) is 6.67 Å². The maximum atomic E-state index is 12.2. The van der Waals surface area contributed by atoms with Gasteiger partial charge in [-0.15, -0.1) is 0 Å². The predicted molar refractivity (Wildman–Crippen MR) is 66.7 cm³/mol. The quantitative estimate of drug-likeness (QED) is 0.436. The van der Waals surface area contributed by atoms with E-state index in [0.717, 1.165) is 18.4 Å². The lowest BCUT2D eigenvalue weighted by molar-refractivity contribution is 0.560. The molecule has 0 aromatic carbocycles. The van der Waals surface area contributed by atoms with Gasteiger partial charge in [-0.1, -0.05) is 36.5 Å². The highest BCUT2D eigenvalue weighted by Gasteiger charge is 1.99. The van der Waals surface area contributed by atoms with Crippen molar-refractivity contribution < 1.29 is 4.39 Å². The second kappa shape index (κ2) is 8.22. The van der Waals surface area contributed by atoms with Crippen LogP contribution in [0.15, 0.2) is 47.6 Å². The van der Waals surface area contributed by atoms with Crippen molar-refractivity contribution in [1.29, 1.82) is 0 Å². The van der Waals surface area contributed by atoms with Crippen molar-refractivity contribution in [3.05, 3.63) is 47.6 Å². The van der Waals surface area contributed by atoms with Gasteiger partial charge in [0.15, 0.2) is 0 Å². The summed E-state index contributed by atoms with van der Waals surface area (Å²) in [5, 5.41) is 0. The first-order chi connectivity index (χ1) is 7.15. The zero-order valence-electron chi connectivity index (χ0n) is 10.0. The molecule has 0 aromatic heterocycles. The van der Waals surface area contributed by atoms with Crippen molar-refractivity contribution in [3.8, 4) is 0 Å². The van der Waals surface area contributed by atoms with Gasteiger partial charge in [-0.3, -0.25) is 0 Å². The van der Waals surface area contributed by atoms with Crippen LogP contribution in [0.1, 0.15) is 33.6 Å². The number of rotatable bonds is 6. The van der Waals surface area contributed by atoms with Crippen LogP contribution in [0, 0.1) is 0 Å². The van der Waals surface area contributed by atoms with Gasteiger partial charge in [-0.25, -0.2) is 4.39 Å². The van der Waals surface area contributed by atoms with Crippen molar-refractivity contribution in [2.45, 2.75) is 33.6 Å². The van der Waals surface area contributed by atoms with E-state index in [1.54, 1.807) is 12.2 Å². The molecule has 0 rings (SSSR count). The SMILES string of the molecule is C=C/C=C(CC/C(C)=C/C)\C(C)=C/CF. The molecule has 0 nitrogen and oxygen atoms in total. The number of hydrogen-bond donors (Lipinski definition) is 0. The monoisotopic (exact) mass is 208 g/mol. The fourth-order valence-corrected chi connectivity index (χ4v) is 1.28. The van der Waals surface area contributed by atoms with Gasteiger partial charge in [-0.2, -0.15) is 0 Å². The van der Waals surface area contributed by atoms with E-state index in [1.165, 1.54) is 11.1 Å². The average molecular weight is 208 g/mol. The molecule has 0 unspecified atom stereocenters. The summed E-state index contributed by atoms with van der Waals surface area (Å²) in [5.41, 5.74) is 3.54. The van der Waals surface area contributed by atoms with Crippen molar-refractivity contribution in [2.24, 2.45) is 0 Å². The molecule has 0 saturated heterocycles. The van der Waals surface area contributed by atoms with E-state index in [0.29, 0.717) is 0 Å². The Balaban J connectivity index is 4.50. The first-order valence-electron chi connectivity index (χ1n) is 5.32. The van der Waals surface area contributed by atoms with Gasteiger partial charge in [0.2, 0.25) is 0 Å². The van der Waals surface area contributed by atoms with Crippen LogP contribution in [0.2, 0.25) is 0 Å². The highest BCUT2D eigenvalue weighted by atomic mass is 19.1. The van der Waals surface area contributed by atoms with Crippen LogP contribution in [0.5, 0.6) is 0 Å². The molecule has 0 amide bonds. The Labute approximate surface area is 92.9 Å². The Morgan fingerprint density at radius 3 is 2.40 bits per heavy atom. The van der Waals surface area contributed by atoms with Crippen molar-refractivity contribution in [3.63, 3.8) is 0 Å². The molecule has 0 N–H and O–H groups in total. The molecule has 0 heterocycles. The number of alkyl halides is 1. The molecule has 0 atom stereocenters. The van der Waals surface area contributed by atoms with Crippen LogP contribution >= 0.6 is 0 Å². The third kappa shape index (κ3) is 6.05. The topological polar surface area (TPSA) is 0 Å². The molecule has 0 saturated carbocycles. The van der Waals surface area contributed by atoms with Crippen LogP contribution in [0.3, 0.4) is 0 Å². The zero-order chi connectivity index (χ0) is 11.7. The molecular formula is C14H21F. The lowest BCUT2D eigenvalue weighted by atomic mass is 9.99. The smallest absolute Gasteiger partial charge is 0.108 e. The van der Waals surface area contributed by atoms with Gasteiger partial charge in [0, 0.05) is 0 Å². The second-order valence-corrected chi connectivity index (χ2v) is 3.60. The zero-order valence-corrected chi connectivity index (χ0v) is 10.0. The molecule has 0 aliphatic carbocycles. The summed E-state index contributed by atoms with van der Waals surface area (Å²) >= 11 is 0. The molecule has 0 aliphatic rings. The molecule has 84 valence electrons. The number of hydrogen-bond acceptors (Lipinski definition) is 0. The average Bonchev–Trinajstić information content (AvgIpc) is 2.23. The summed E-state index contributed by atoms with van der Waals surface area (Å²) in [7, 11) is 0. The first-order valence-corrected chi connectivity index (χ1v) is 5.32. The van der Waals surface area contributed by atoms with Gasteiger partial charge in [0.25, 0.3) is 0 Å². The van der Waals surface area contributed by atoms with Gasteiger partial charge in [0.1, 0.15) is 6.67 Å². The largest absolute Gasteiger partial charge is 0.247 e. The predicted octanol–water partition coefficient (Wildman–Crippen LogP) is 4.76. The second-order valence-electron chi connectivity index (χ2n) is 3.60. The fraction of sp³-hybridized carbons (Fsp3) is 0.429. The number of halogens is 1. The molecule has 15 heavy (non-hydrogen) atoms. The molecule has 0 aromatic rings.